The molecule has 0 amide bonds. The van der Waals surface area contributed by atoms with Crippen molar-refractivity contribution in [2.24, 2.45) is 5.41 Å². The molecule has 0 aromatic carbocycles. The van der Waals surface area contributed by atoms with E-state index in [0.717, 1.165) is 19.3 Å². The molecule has 0 rings (SSSR count). The molecule has 0 spiro atoms. The summed E-state index contributed by atoms with van der Waals surface area (Å²) in [6.07, 6.45) is 30.4. The van der Waals surface area contributed by atoms with Crippen LogP contribution in [-0.4, -0.2) is 23.7 Å². The summed E-state index contributed by atoms with van der Waals surface area (Å²) in [7, 11) is 0. The van der Waals surface area contributed by atoms with Gasteiger partial charge in [0.25, 0.3) is 0 Å². The van der Waals surface area contributed by atoms with Gasteiger partial charge in [0.2, 0.25) is 0 Å². The van der Waals surface area contributed by atoms with E-state index in [1.54, 1.807) is 0 Å². The summed E-state index contributed by atoms with van der Waals surface area (Å²) < 4.78 is 5.31. The Morgan fingerprint density at radius 2 is 0.743 bits per heavy atom. The largest absolute Gasteiger partial charge is 0.481 e. The first kappa shape index (κ1) is 33.9. The molecule has 0 fully saturated rings. The van der Waals surface area contributed by atoms with Gasteiger partial charge in [0.15, 0.2) is 0 Å². The number of esters is 1. The van der Waals surface area contributed by atoms with E-state index < -0.39 is 5.97 Å². The Kier molecular flexibility index (Phi) is 23.9. The van der Waals surface area contributed by atoms with Crippen LogP contribution in [0.4, 0.5) is 0 Å². The molecule has 0 aliphatic heterocycles. The number of aliphatic carboxylic acids is 1. The lowest BCUT2D eigenvalue weighted by atomic mass is 9.97. The fourth-order valence-electron chi connectivity index (χ4n) is 4.47. The summed E-state index contributed by atoms with van der Waals surface area (Å²) in [4.78, 5) is 22.1. The predicted octanol–water partition coefficient (Wildman–Crippen LogP) is 10.0. The number of carbonyl (C=O) groups excluding carboxylic acids is 1. The van der Waals surface area contributed by atoms with E-state index in [4.69, 9.17) is 9.84 Å². The van der Waals surface area contributed by atoms with Crippen molar-refractivity contribution in [2.75, 3.05) is 6.61 Å². The lowest BCUT2D eigenvalue weighted by Gasteiger charge is -2.16. The molecule has 0 bridgehead atoms. The van der Waals surface area contributed by atoms with Crippen LogP contribution in [0, 0.1) is 5.41 Å². The van der Waals surface area contributed by atoms with Gasteiger partial charge in [-0.25, -0.2) is 0 Å². The highest BCUT2D eigenvalue weighted by molar-refractivity contribution is 5.75. The number of ether oxygens (including phenoxy) is 1. The summed E-state index contributed by atoms with van der Waals surface area (Å²) in [6, 6.07) is 0. The van der Waals surface area contributed by atoms with Crippen LogP contribution in [0.3, 0.4) is 0 Å². The van der Waals surface area contributed by atoms with Crippen LogP contribution in [0.5, 0.6) is 0 Å². The van der Waals surface area contributed by atoms with Gasteiger partial charge >= 0.3 is 11.9 Å². The number of hydrogen-bond acceptors (Lipinski definition) is 3. The van der Waals surface area contributed by atoms with E-state index in [1.807, 2.05) is 20.8 Å². The van der Waals surface area contributed by atoms with Gasteiger partial charge in [-0.15, -0.1) is 0 Å². The van der Waals surface area contributed by atoms with Crippen molar-refractivity contribution in [3.8, 4) is 0 Å². The summed E-state index contributed by atoms with van der Waals surface area (Å²) >= 11 is 0. The molecule has 1 N–H and O–H groups in total. The zero-order valence-electron chi connectivity index (χ0n) is 23.8. The SMILES string of the molecule is CC(C)(C)C(=O)OCCCCCCCCCCCCCCCCCCCCCCCCCC(=O)O. The number of hydrogen-bond donors (Lipinski definition) is 1. The van der Waals surface area contributed by atoms with Gasteiger partial charge in [0.05, 0.1) is 12.0 Å². The summed E-state index contributed by atoms with van der Waals surface area (Å²) in [5, 5.41) is 8.61. The molecule has 0 heterocycles. The summed E-state index contributed by atoms with van der Waals surface area (Å²) in [5.41, 5.74) is -0.380. The number of rotatable bonds is 26. The molecule has 0 aromatic rings. The van der Waals surface area contributed by atoms with Crippen LogP contribution in [-0.2, 0) is 14.3 Å². The van der Waals surface area contributed by atoms with Gasteiger partial charge in [-0.1, -0.05) is 135 Å². The van der Waals surface area contributed by atoms with Gasteiger partial charge in [0, 0.05) is 6.42 Å². The smallest absolute Gasteiger partial charge is 0.311 e. The van der Waals surface area contributed by atoms with Crippen LogP contribution in [0.2, 0.25) is 0 Å². The van der Waals surface area contributed by atoms with Crippen molar-refractivity contribution in [1.82, 2.24) is 0 Å². The van der Waals surface area contributed by atoms with Gasteiger partial charge in [-0.05, 0) is 33.6 Å². The molecule has 0 radical (unpaired) electrons. The monoisotopic (exact) mass is 496 g/mol. The number of carbonyl (C=O) groups is 2. The first-order valence-corrected chi connectivity index (χ1v) is 15.2. The third kappa shape index (κ3) is 27.4. The molecule has 4 nitrogen and oxygen atoms in total. The fourth-order valence-corrected chi connectivity index (χ4v) is 4.47. The first-order chi connectivity index (χ1) is 16.8. The molecule has 0 saturated carbocycles. The second-order valence-electron chi connectivity index (χ2n) is 11.7. The van der Waals surface area contributed by atoms with Crippen molar-refractivity contribution in [3.05, 3.63) is 0 Å². The van der Waals surface area contributed by atoms with Crippen molar-refractivity contribution in [2.45, 2.75) is 175 Å². The van der Waals surface area contributed by atoms with Gasteiger partial charge in [-0.2, -0.15) is 0 Å². The third-order valence-electron chi connectivity index (χ3n) is 6.88. The van der Waals surface area contributed by atoms with Crippen molar-refractivity contribution < 1.29 is 19.4 Å². The Morgan fingerprint density at radius 3 is 1.00 bits per heavy atom. The predicted molar refractivity (Wildman–Crippen MR) is 149 cm³/mol. The molecule has 0 aliphatic rings. The highest BCUT2D eigenvalue weighted by Crippen LogP contribution is 2.17. The third-order valence-corrected chi connectivity index (χ3v) is 6.88. The molecule has 0 aliphatic carbocycles. The van der Waals surface area contributed by atoms with Crippen LogP contribution < -0.4 is 0 Å². The van der Waals surface area contributed by atoms with Gasteiger partial charge in [0.1, 0.15) is 0 Å². The maximum Gasteiger partial charge on any atom is 0.311 e. The van der Waals surface area contributed by atoms with Gasteiger partial charge < -0.3 is 9.84 Å². The average Bonchev–Trinajstić information content (AvgIpc) is 2.80. The Labute approximate surface area is 218 Å². The average molecular weight is 497 g/mol. The molecule has 208 valence electrons. The topological polar surface area (TPSA) is 63.6 Å². The number of carboxylic acids is 1. The first-order valence-electron chi connectivity index (χ1n) is 15.2. The van der Waals surface area contributed by atoms with Crippen LogP contribution >= 0.6 is 0 Å². The minimum Gasteiger partial charge on any atom is -0.481 e. The Hall–Kier alpha value is -1.06. The van der Waals surface area contributed by atoms with Crippen LogP contribution in [0.25, 0.3) is 0 Å². The maximum absolute atomic E-state index is 11.7. The van der Waals surface area contributed by atoms with E-state index in [1.165, 1.54) is 128 Å². The Morgan fingerprint density at radius 1 is 0.486 bits per heavy atom. The molecular formula is C31H60O4. The molecule has 0 unspecified atom stereocenters. The zero-order valence-corrected chi connectivity index (χ0v) is 23.8. The van der Waals surface area contributed by atoms with E-state index >= 15 is 0 Å². The summed E-state index contributed by atoms with van der Waals surface area (Å²) in [6.45, 7) is 6.29. The normalized spacial score (nSPS) is 11.6. The molecule has 4 heteroatoms. The minimum absolute atomic E-state index is 0.0837. The van der Waals surface area contributed by atoms with Crippen molar-refractivity contribution >= 4 is 11.9 Å². The molecule has 0 saturated heterocycles. The van der Waals surface area contributed by atoms with Crippen LogP contribution in [0.15, 0.2) is 0 Å². The minimum atomic E-state index is -0.658. The van der Waals surface area contributed by atoms with Crippen molar-refractivity contribution in [1.29, 1.82) is 0 Å². The fraction of sp³-hybridized carbons (Fsp3) is 0.935. The maximum atomic E-state index is 11.7. The van der Waals surface area contributed by atoms with Gasteiger partial charge in [-0.3, -0.25) is 9.59 Å². The molecule has 0 aromatic heterocycles. The molecule has 35 heavy (non-hydrogen) atoms. The number of carboxylic acid groups (broad SMARTS) is 1. The molecular weight excluding hydrogens is 436 g/mol. The lowest BCUT2D eigenvalue weighted by molar-refractivity contribution is -0.153. The van der Waals surface area contributed by atoms with Crippen LogP contribution in [0.1, 0.15) is 175 Å². The highest BCUT2D eigenvalue weighted by Gasteiger charge is 2.22. The van der Waals surface area contributed by atoms with E-state index in [0.29, 0.717) is 13.0 Å². The van der Waals surface area contributed by atoms with E-state index in [-0.39, 0.29) is 11.4 Å². The second kappa shape index (κ2) is 24.6. The second-order valence-corrected chi connectivity index (χ2v) is 11.7. The lowest BCUT2D eigenvalue weighted by Crippen LogP contribution is -2.23. The van der Waals surface area contributed by atoms with E-state index in [2.05, 4.69) is 0 Å². The standard InChI is InChI=1S/C31H60O4/c1-31(2,3)30(34)35-28-26-24-22-20-18-16-14-12-10-8-6-4-5-7-9-11-13-15-17-19-21-23-25-27-29(32)33/h4-28H2,1-3H3,(H,32,33). The zero-order chi connectivity index (χ0) is 26.0. The van der Waals surface area contributed by atoms with E-state index in [9.17, 15) is 9.59 Å². The highest BCUT2D eigenvalue weighted by atomic mass is 16.5. The quantitative estimate of drug-likeness (QED) is 0.0955. The molecule has 0 atom stereocenters. The summed E-state index contributed by atoms with van der Waals surface area (Å²) in [5.74, 6) is -0.742. The number of unbranched alkanes of at least 4 members (excludes halogenated alkanes) is 22. The van der Waals surface area contributed by atoms with Crippen molar-refractivity contribution in [3.63, 3.8) is 0 Å². The Balaban J connectivity index is 3.10. The Bertz CT molecular complexity index is 481.